The van der Waals surface area contributed by atoms with Crippen molar-refractivity contribution in [3.63, 3.8) is 0 Å². The molecule has 1 aliphatic heterocycles. The molecule has 2 aromatic rings. The summed E-state index contributed by atoms with van der Waals surface area (Å²) in [6, 6.07) is 15.2. The number of sulfonamides is 1. The van der Waals surface area contributed by atoms with Gasteiger partial charge in [-0.05, 0) is 88.2 Å². The number of ether oxygens (including phenoxy) is 1. The van der Waals surface area contributed by atoms with Crippen LogP contribution in [-0.2, 0) is 10.0 Å². The highest BCUT2D eigenvalue weighted by Gasteiger charge is 2.31. The minimum Gasteiger partial charge on any atom is -0.497 e. The molecule has 5 nitrogen and oxygen atoms in total. The molecule has 0 N–H and O–H groups in total. The van der Waals surface area contributed by atoms with Gasteiger partial charge in [-0.15, -0.1) is 0 Å². The molecule has 0 atom stereocenters. The lowest BCUT2D eigenvalue weighted by Gasteiger charge is -2.35. The SMILES string of the molecule is CCN1CCC(CN(c2ccc(OC)cc2-c2ccccc2)S(=O)(=O)/C(C)=C/C=C(\C)F)CC1. The van der Waals surface area contributed by atoms with Gasteiger partial charge in [0.15, 0.2) is 0 Å². The average molecular weight is 487 g/mol. The lowest BCUT2D eigenvalue weighted by Crippen LogP contribution is -2.41. The van der Waals surface area contributed by atoms with Gasteiger partial charge in [-0.2, -0.15) is 0 Å². The van der Waals surface area contributed by atoms with Gasteiger partial charge in [-0.3, -0.25) is 4.31 Å². The van der Waals surface area contributed by atoms with Crippen molar-refractivity contribution >= 4 is 15.7 Å². The van der Waals surface area contributed by atoms with Crippen molar-refractivity contribution < 1.29 is 17.5 Å². The zero-order chi connectivity index (χ0) is 24.7. The third-order valence-electron chi connectivity index (χ3n) is 6.38. The number of methoxy groups -OCH3 is 1. The Morgan fingerprint density at radius 2 is 1.79 bits per heavy atom. The monoisotopic (exact) mass is 486 g/mol. The first kappa shape index (κ1) is 26.0. The van der Waals surface area contributed by atoms with Crippen molar-refractivity contribution in [2.45, 2.75) is 33.6 Å². The molecule has 0 aromatic heterocycles. The Morgan fingerprint density at radius 3 is 2.38 bits per heavy atom. The standard InChI is InChI=1S/C27H35FN2O3S/c1-5-29-17-15-23(16-18-29)20-30(34(31,32)22(3)12-11-21(2)28)27-14-13-25(33-4)19-26(27)24-9-7-6-8-10-24/h6-14,19,23H,5,15-18,20H2,1-4H3/b21-11+,22-12+. The van der Waals surface area contributed by atoms with E-state index in [-0.39, 0.29) is 10.8 Å². The van der Waals surface area contributed by atoms with Crippen molar-refractivity contribution in [2.75, 3.05) is 37.6 Å². The van der Waals surface area contributed by atoms with Crippen LogP contribution in [0.15, 0.2) is 71.4 Å². The van der Waals surface area contributed by atoms with Crippen LogP contribution in [0.4, 0.5) is 10.1 Å². The summed E-state index contributed by atoms with van der Waals surface area (Å²) in [5, 5.41) is 0. The number of likely N-dealkylation sites (tertiary alicyclic amines) is 1. The predicted octanol–water partition coefficient (Wildman–Crippen LogP) is 6.01. The lowest BCUT2D eigenvalue weighted by molar-refractivity contribution is 0.196. The van der Waals surface area contributed by atoms with Crippen LogP contribution in [-0.4, -0.2) is 46.6 Å². The largest absolute Gasteiger partial charge is 0.497 e. The summed E-state index contributed by atoms with van der Waals surface area (Å²) in [6.07, 6.45) is 4.39. The molecule has 0 bridgehead atoms. The molecular formula is C27H35FN2O3S. The second-order valence-electron chi connectivity index (χ2n) is 8.69. The zero-order valence-electron chi connectivity index (χ0n) is 20.5. The van der Waals surface area contributed by atoms with Crippen LogP contribution in [0, 0.1) is 5.92 Å². The molecule has 0 radical (unpaired) electrons. The van der Waals surface area contributed by atoms with Gasteiger partial charge < -0.3 is 9.64 Å². The normalized spacial score (nSPS) is 16.5. The highest BCUT2D eigenvalue weighted by molar-refractivity contribution is 7.96. The summed E-state index contributed by atoms with van der Waals surface area (Å²) >= 11 is 0. The van der Waals surface area contributed by atoms with Gasteiger partial charge in [0.2, 0.25) is 0 Å². The van der Waals surface area contributed by atoms with E-state index < -0.39 is 15.9 Å². The topological polar surface area (TPSA) is 49.9 Å². The summed E-state index contributed by atoms with van der Waals surface area (Å²) in [5.41, 5.74) is 2.27. The number of hydrogen-bond acceptors (Lipinski definition) is 4. The number of halogens is 1. The molecule has 0 saturated carbocycles. The molecule has 0 spiro atoms. The van der Waals surface area contributed by atoms with Gasteiger partial charge in [0.25, 0.3) is 10.0 Å². The Kier molecular flexibility index (Phi) is 8.91. The van der Waals surface area contributed by atoms with E-state index in [0.29, 0.717) is 18.0 Å². The molecule has 0 amide bonds. The van der Waals surface area contributed by atoms with E-state index in [1.165, 1.54) is 30.3 Å². The molecule has 7 heteroatoms. The molecule has 34 heavy (non-hydrogen) atoms. The molecule has 3 rings (SSSR count). The quantitative estimate of drug-likeness (QED) is 0.408. The third kappa shape index (κ3) is 6.27. The van der Waals surface area contributed by atoms with Crippen molar-refractivity contribution in [3.05, 3.63) is 71.4 Å². The Labute approximate surface area is 203 Å². The minimum absolute atomic E-state index is 0.102. The number of piperidine rings is 1. The average Bonchev–Trinajstić information content (AvgIpc) is 2.86. The molecular weight excluding hydrogens is 451 g/mol. The van der Waals surface area contributed by atoms with E-state index in [2.05, 4.69) is 11.8 Å². The van der Waals surface area contributed by atoms with E-state index in [4.69, 9.17) is 4.74 Å². The first-order chi connectivity index (χ1) is 16.3. The molecule has 0 aliphatic carbocycles. The Hall–Kier alpha value is -2.64. The number of allylic oxidation sites excluding steroid dienone is 4. The highest BCUT2D eigenvalue weighted by atomic mass is 32.2. The van der Waals surface area contributed by atoms with E-state index in [0.717, 1.165) is 43.6 Å². The van der Waals surface area contributed by atoms with Crippen LogP contribution in [0.1, 0.15) is 33.6 Å². The molecule has 184 valence electrons. The van der Waals surface area contributed by atoms with Gasteiger partial charge in [0.05, 0.1) is 23.5 Å². The van der Waals surface area contributed by atoms with Crippen LogP contribution < -0.4 is 9.04 Å². The van der Waals surface area contributed by atoms with E-state index in [9.17, 15) is 12.8 Å². The highest BCUT2D eigenvalue weighted by Crippen LogP contribution is 2.38. The summed E-state index contributed by atoms with van der Waals surface area (Å²) < 4.78 is 48.0. The van der Waals surface area contributed by atoms with Crippen LogP contribution in [0.25, 0.3) is 11.1 Å². The molecule has 1 saturated heterocycles. The number of benzene rings is 2. The summed E-state index contributed by atoms with van der Waals surface area (Å²) in [4.78, 5) is 2.49. The molecule has 1 fully saturated rings. The summed E-state index contributed by atoms with van der Waals surface area (Å²) in [6.45, 7) is 8.26. The fraction of sp³-hybridized carbons (Fsp3) is 0.407. The predicted molar refractivity (Wildman–Crippen MR) is 138 cm³/mol. The van der Waals surface area contributed by atoms with Crippen LogP contribution in [0.2, 0.25) is 0 Å². The van der Waals surface area contributed by atoms with Crippen LogP contribution in [0.3, 0.4) is 0 Å². The number of hydrogen-bond donors (Lipinski definition) is 0. The second kappa shape index (κ2) is 11.7. The zero-order valence-corrected chi connectivity index (χ0v) is 21.3. The molecule has 2 aromatic carbocycles. The van der Waals surface area contributed by atoms with Gasteiger partial charge in [0.1, 0.15) is 5.75 Å². The van der Waals surface area contributed by atoms with Crippen LogP contribution >= 0.6 is 0 Å². The Bertz CT molecular complexity index is 1120. The van der Waals surface area contributed by atoms with Crippen molar-refractivity contribution in [1.82, 2.24) is 4.90 Å². The smallest absolute Gasteiger partial charge is 0.260 e. The second-order valence-corrected chi connectivity index (χ2v) is 10.7. The molecule has 1 aliphatic rings. The summed E-state index contributed by atoms with van der Waals surface area (Å²) in [7, 11) is -2.29. The van der Waals surface area contributed by atoms with E-state index in [1.807, 2.05) is 42.5 Å². The fourth-order valence-corrected chi connectivity index (χ4v) is 5.66. The van der Waals surface area contributed by atoms with Crippen molar-refractivity contribution in [1.29, 1.82) is 0 Å². The molecule has 0 unspecified atom stereocenters. The van der Waals surface area contributed by atoms with Crippen molar-refractivity contribution in [3.8, 4) is 16.9 Å². The fourth-order valence-electron chi connectivity index (χ4n) is 4.25. The Balaban J connectivity index is 2.10. The maximum absolute atomic E-state index is 13.8. The van der Waals surface area contributed by atoms with Crippen molar-refractivity contribution in [2.24, 2.45) is 5.92 Å². The maximum atomic E-state index is 13.8. The van der Waals surface area contributed by atoms with Crippen LogP contribution in [0.5, 0.6) is 5.75 Å². The summed E-state index contributed by atoms with van der Waals surface area (Å²) in [5.74, 6) is 0.441. The minimum atomic E-state index is -3.89. The van der Waals surface area contributed by atoms with E-state index in [1.54, 1.807) is 13.2 Å². The van der Waals surface area contributed by atoms with Gasteiger partial charge >= 0.3 is 0 Å². The van der Waals surface area contributed by atoms with Gasteiger partial charge in [-0.1, -0.05) is 37.3 Å². The van der Waals surface area contributed by atoms with E-state index >= 15 is 0 Å². The first-order valence-electron chi connectivity index (χ1n) is 11.8. The van der Waals surface area contributed by atoms with Gasteiger partial charge in [0, 0.05) is 12.1 Å². The molecule has 1 heterocycles. The number of anilines is 1. The number of rotatable bonds is 9. The van der Waals surface area contributed by atoms with Gasteiger partial charge in [-0.25, -0.2) is 12.8 Å². The maximum Gasteiger partial charge on any atom is 0.260 e. The third-order valence-corrected chi connectivity index (χ3v) is 8.26. The number of nitrogens with zero attached hydrogens (tertiary/aromatic N) is 2. The first-order valence-corrected chi connectivity index (χ1v) is 13.2. The Morgan fingerprint density at radius 1 is 1.12 bits per heavy atom. The lowest BCUT2D eigenvalue weighted by atomic mass is 9.96.